The molecule has 1 aromatic carbocycles. The molecule has 0 radical (unpaired) electrons. The summed E-state index contributed by atoms with van der Waals surface area (Å²) in [6.45, 7) is 7.83. The molecule has 20 heavy (non-hydrogen) atoms. The van der Waals surface area contributed by atoms with Gasteiger partial charge in [-0.3, -0.25) is 0 Å². The van der Waals surface area contributed by atoms with E-state index in [1.165, 1.54) is 11.1 Å². The molecule has 2 rings (SSSR count). The standard InChI is InChI=1S/C17H22N2O/c1-4-9-18-17-8-6-15(11-19-17)12-20-16-7-5-13(2)14(3)10-16/h5-8,10-11H,4,9,12H2,1-3H3,(H,18,19). The topological polar surface area (TPSA) is 34.1 Å². The number of pyridine rings is 1. The SMILES string of the molecule is CCCNc1ccc(COc2ccc(C)c(C)c2)cn1. The molecule has 1 heterocycles. The van der Waals surface area contributed by atoms with Crippen molar-refractivity contribution < 1.29 is 4.74 Å². The number of ether oxygens (including phenoxy) is 1. The third kappa shape index (κ3) is 3.98. The summed E-state index contributed by atoms with van der Waals surface area (Å²) in [7, 11) is 0. The zero-order valence-corrected chi connectivity index (χ0v) is 12.4. The van der Waals surface area contributed by atoms with Crippen molar-refractivity contribution in [2.24, 2.45) is 0 Å². The zero-order chi connectivity index (χ0) is 14.4. The normalized spacial score (nSPS) is 10.3. The van der Waals surface area contributed by atoms with Gasteiger partial charge >= 0.3 is 0 Å². The van der Waals surface area contributed by atoms with Gasteiger partial charge in [-0.15, -0.1) is 0 Å². The summed E-state index contributed by atoms with van der Waals surface area (Å²) in [6, 6.07) is 10.2. The van der Waals surface area contributed by atoms with Gasteiger partial charge in [-0.25, -0.2) is 4.98 Å². The minimum Gasteiger partial charge on any atom is -0.489 e. The van der Waals surface area contributed by atoms with Crippen LogP contribution in [0, 0.1) is 13.8 Å². The molecule has 3 heteroatoms. The first-order valence-corrected chi connectivity index (χ1v) is 7.08. The summed E-state index contributed by atoms with van der Waals surface area (Å²) in [4.78, 5) is 4.37. The zero-order valence-electron chi connectivity index (χ0n) is 12.4. The van der Waals surface area contributed by atoms with Crippen molar-refractivity contribution in [3.8, 4) is 5.75 Å². The Kier molecular flexibility index (Phi) is 4.99. The van der Waals surface area contributed by atoms with Gasteiger partial charge in [0.25, 0.3) is 0 Å². The van der Waals surface area contributed by atoms with E-state index in [0.717, 1.165) is 30.1 Å². The minimum absolute atomic E-state index is 0.545. The molecule has 106 valence electrons. The number of benzene rings is 1. The van der Waals surface area contributed by atoms with Crippen LogP contribution in [0.4, 0.5) is 5.82 Å². The van der Waals surface area contributed by atoms with Crippen LogP contribution >= 0.6 is 0 Å². The molecule has 1 N–H and O–H groups in total. The van der Waals surface area contributed by atoms with Crippen LogP contribution in [0.25, 0.3) is 0 Å². The first-order chi connectivity index (χ1) is 9.69. The van der Waals surface area contributed by atoms with Gasteiger partial charge in [0.15, 0.2) is 0 Å². The van der Waals surface area contributed by atoms with Crippen LogP contribution < -0.4 is 10.1 Å². The number of rotatable bonds is 6. The van der Waals surface area contributed by atoms with E-state index in [4.69, 9.17) is 4.74 Å². The van der Waals surface area contributed by atoms with Gasteiger partial charge in [0.1, 0.15) is 18.2 Å². The highest BCUT2D eigenvalue weighted by molar-refractivity contribution is 5.36. The van der Waals surface area contributed by atoms with Crippen LogP contribution in [0.15, 0.2) is 36.5 Å². The third-order valence-electron chi connectivity index (χ3n) is 3.26. The second-order valence-electron chi connectivity index (χ2n) is 5.01. The number of nitrogens with one attached hydrogen (secondary N) is 1. The molecular weight excluding hydrogens is 248 g/mol. The summed E-state index contributed by atoms with van der Waals surface area (Å²) in [5, 5.41) is 3.26. The maximum Gasteiger partial charge on any atom is 0.125 e. The van der Waals surface area contributed by atoms with Crippen LogP contribution in [-0.4, -0.2) is 11.5 Å². The van der Waals surface area contributed by atoms with E-state index in [9.17, 15) is 0 Å². The third-order valence-corrected chi connectivity index (χ3v) is 3.26. The lowest BCUT2D eigenvalue weighted by atomic mass is 10.1. The molecule has 3 nitrogen and oxygen atoms in total. The number of aryl methyl sites for hydroxylation is 2. The molecule has 0 aliphatic rings. The summed E-state index contributed by atoms with van der Waals surface area (Å²) in [5.74, 6) is 1.82. The van der Waals surface area contributed by atoms with Crippen molar-refractivity contribution in [1.82, 2.24) is 4.98 Å². The van der Waals surface area contributed by atoms with Gasteiger partial charge in [0.05, 0.1) is 0 Å². The van der Waals surface area contributed by atoms with Crippen LogP contribution in [0.3, 0.4) is 0 Å². The van der Waals surface area contributed by atoms with Gasteiger partial charge in [-0.1, -0.05) is 19.1 Å². The molecule has 0 unspecified atom stereocenters. The fraction of sp³-hybridized carbons (Fsp3) is 0.353. The quantitative estimate of drug-likeness (QED) is 0.858. The van der Waals surface area contributed by atoms with E-state index >= 15 is 0 Å². The molecule has 0 spiro atoms. The number of nitrogens with zero attached hydrogens (tertiary/aromatic N) is 1. The van der Waals surface area contributed by atoms with Gasteiger partial charge in [-0.2, -0.15) is 0 Å². The Hall–Kier alpha value is -2.03. The van der Waals surface area contributed by atoms with E-state index in [0.29, 0.717) is 6.61 Å². The molecule has 0 aliphatic heterocycles. The lowest BCUT2D eigenvalue weighted by Crippen LogP contribution is -2.02. The Balaban J connectivity index is 1.91. The smallest absolute Gasteiger partial charge is 0.125 e. The molecule has 0 amide bonds. The first-order valence-electron chi connectivity index (χ1n) is 7.08. The van der Waals surface area contributed by atoms with E-state index in [-0.39, 0.29) is 0 Å². The number of hydrogen-bond acceptors (Lipinski definition) is 3. The van der Waals surface area contributed by atoms with E-state index in [1.807, 2.05) is 24.4 Å². The van der Waals surface area contributed by atoms with E-state index in [1.54, 1.807) is 0 Å². The van der Waals surface area contributed by atoms with Crippen molar-refractivity contribution in [1.29, 1.82) is 0 Å². The molecule has 2 aromatic rings. The van der Waals surface area contributed by atoms with Crippen molar-refractivity contribution in [3.63, 3.8) is 0 Å². The fourth-order valence-electron chi connectivity index (χ4n) is 1.84. The molecular formula is C17H22N2O. The maximum absolute atomic E-state index is 5.79. The van der Waals surface area contributed by atoms with Gasteiger partial charge < -0.3 is 10.1 Å². The lowest BCUT2D eigenvalue weighted by Gasteiger charge is -2.09. The average molecular weight is 270 g/mol. The first kappa shape index (κ1) is 14.4. The van der Waals surface area contributed by atoms with Crippen LogP contribution in [0.1, 0.15) is 30.0 Å². The second-order valence-corrected chi connectivity index (χ2v) is 5.01. The van der Waals surface area contributed by atoms with Gasteiger partial charge in [0.2, 0.25) is 0 Å². The molecule has 0 fully saturated rings. The molecule has 1 aromatic heterocycles. The van der Waals surface area contributed by atoms with E-state index < -0.39 is 0 Å². The minimum atomic E-state index is 0.545. The fourth-order valence-corrected chi connectivity index (χ4v) is 1.84. The maximum atomic E-state index is 5.79. The van der Waals surface area contributed by atoms with Crippen LogP contribution in [0.5, 0.6) is 5.75 Å². The highest BCUT2D eigenvalue weighted by Crippen LogP contribution is 2.17. The molecule has 0 aliphatic carbocycles. The number of anilines is 1. The largest absolute Gasteiger partial charge is 0.489 e. The number of hydrogen-bond donors (Lipinski definition) is 1. The Labute approximate surface area is 121 Å². The molecule has 0 atom stereocenters. The number of aromatic nitrogens is 1. The lowest BCUT2D eigenvalue weighted by molar-refractivity contribution is 0.305. The predicted octanol–water partition coefficient (Wildman–Crippen LogP) is 4.10. The van der Waals surface area contributed by atoms with Crippen molar-refractivity contribution in [2.75, 3.05) is 11.9 Å². The summed E-state index contributed by atoms with van der Waals surface area (Å²) in [5.41, 5.74) is 3.61. The van der Waals surface area contributed by atoms with Crippen molar-refractivity contribution >= 4 is 5.82 Å². The van der Waals surface area contributed by atoms with Gasteiger partial charge in [-0.05, 0) is 49.6 Å². The Morgan fingerprint density at radius 1 is 1.10 bits per heavy atom. The Morgan fingerprint density at radius 3 is 2.60 bits per heavy atom. The van der Waals surface area contributed by atoms with Crippen molar-refractivity contribution in [3.05, 3.63) is 53.2 Å². The summed E-state index contributed by atoms with van der Waals surface area (Å²) >= 11 is 0. The summed E-state index contributed by atoms with van der Waals surface area (Å²) in [6.07, 6.45) is 2.96. The van der Waals surface area contributed by atoms with E-state index in [2.05, 4.69) is 43.2 Å². The Morgan fingerprint density at radius 2 is 1.95 bits per heavy atom. The van der Waals surface area contributed by atoms with Crippen LogP contribution in [0.2, 0.25) is 0 Å². The van der Waals surface area contributed by atoms with Crippen LogP contribution in [-0.2, 0) is 6.61 Å². The van der Waals surface area contributed by atoms with Gasteiger partial charge in [0, 0.05) is 18.3 Å². The molecule has 0 bridgehead atoms. The van der Waals surface area contributed by atoms with Crippen molar-refractivity contribution in [2.45, 2.75) is 33.8 Å². The average Bonchev–Trinajstić information content (AvgIpc) is 2.47. The second kappa shape index (κ2) is 6.94. The molecule has 0 saturated heterocycles. The Bertz CT molecular complexity index is 549. The summed E-state index contributed by atoms with van der Waals surface area (Å²) < 4.78 is 5.79. The predicted molar refractivity (Wildman–Crippen MR) is 83.3 cm³/mol. The molecule has 0 saturated carbocycles. The highest BCUT2D eigenvalue weighted by Gasteiger charge is 2.00. The monoisotopic (exact) mass is 270 g/mol. The highest BCUT2D eigenvalue weighted by atomic mass is 16.5.